The normalized spacial score (nSPS) is 16.4. The number of benzene rings is 1. The van der Waals surface area contributed by atoms with Crippen LogP contribution >= 0.6 is 46.4 Å². The molecule has 0 saturated carbocycles. The Morgan fingerprint density at radius 1 is 1.15 bits per heavy atom. The number of hydrogen-bond acceptors (Lipinski definition) is 3. The molecule has 0 spiro atoms. The van der Waals surface area contributed by atoms with Crippen molar-refractivity contribution in [2.45, 2.75) is 3.79 Å². The van der Waals surface area contributed by atoms with Crippen molar-refractivity contribution in [2.75, 3.05) is 36.8 Å². The second kappa shape index (κ2) is 6.06. The van der Waals surface area contributed by atoms with Gasteiger partial charge in [-0.3, -0.25) is 4.79 Å². The van der Waals surface area contributed by atoms with Crippen LogP contribution in [-0.2, 0) is 4.79 Å². The van der Waals surface area contributed by atoms with Crippen molar-refractivity contribution in [3.8, 4) is 0 Å². The maximum Gasteiger partial charge on any atom is 0.274 e. The number of alkyl halides is 3. The lowest BCUT2D eigenvalue weighted by atomic mass is 10.2. The number of carbonyl (C=O) groups excluding carboxylic acids is 1. The Labute approximate surface area is 137 Å². The summed E-state index contributed by atoms with van der Waals surface area (Å²) in [5, 5.41) is 0.589. The van der Waals surface area contributed by atoms with Gasteiger partial charge in [-0.15, -0.1) is 0 Å². The van der Waals surface area contributed by atoms with Crippen LogP contribution in [0.3, 0.4) is 0 Å². The maximum absolute atomic E-state index is 11.9. The van der Waals surface area contributed by atoms with Crippen LogP contribution in [0.2, 0.25) is 5.02 Å². The molecule has 1 amide bonds. The summed E-state index contributed by atoms with van der Waals surface area (Å²) in [4.78, 5) is 15.4. The molecule has 1 aliphatic rings. The Balaban J connectivity index is 2.07. The Morgan fingerprint density at radius 2 is 1.75 bits per heavy atom. The SMILES string of the molecule is Nc1cccc(Cl)c1N1CCN(C(=O)C(Cl)(Cl)Cl)CC1. The molecule has 20 heavy (non-hydrogen) atoms. The lowest BCUT2D eigenvalue weighted by Gasteiger charge is -2.37. The number of anilines is 2. The van der Waals surface area contributed by atoms with Crippen molar-refractivity contribution in [1.82, 2.24) is 4.90 Å². The fourth-order valence-corrected chi connectivity index (χ4v) is 2.84. The molecule has 1 saturated heterocycles. The standard InChI is InChI=1S/C12H13Cl4N3O/c13-8-2-1-3-9(17)10(8)18-4-6-19(7-5-18)11(20)12(14,15)16/h1-3H,4-7,17H2. The first-order chi connectivity index (χ1) is 9.30. The van der Waals surface area contributed by atoms with Gasteiger partial charge in [-0.1, -0.05) is 52.5 Å². The average molecular weight is 357 g/mol. The lowest BCUT2D eigenvalue weighted by molar-refractivity contribution is -0.130. The summed E-state index contributed by atoms with van der Waals surface area (Å²) in [5.74, 6) is -0.505. The molecule has 2 rings (SSSR count). The molecule has 0 bridgehead atoms. The largest absolute Gasteiger partial charge is 0.397 e. The van der Waals surface area contributed by atoms with Gasteiger partial charge in [0.15, 0.2) is 0 Å². The Hall–Kier alpha value is -0.550. The first kappa shape index (κ1) is 15.8. The second-order valence-corrected chi connectivity index (χ2v) is 7.14. The number of piperazine rings is 1. The molecule has 1 fully saturated rings. The maximum atomic E-state index is 11.9. The van der Waals surface area contributed by atoms with Crippen LogP contribution in [0, 0.1) is 0 Å². The molecule has 0 atom stereocenters. The molecular weight excluding hydrogens is 344 g/mol. The highest BCUT2D eigenvalue weighted by Crippen LogP contribution is 2.33. The minimum Gasteiger partial charge on any atom is -0.397 e. The van der Waals surface area contributed by atoms with Crippen molar-refractivity contribution in [1.29, 1.82) is 0 Å². The van der Waals surface area contributed by atoms with E-state index in [-0.39, 0.29) is 0 Å². The fraction of sp³-hybridized carbons (Fsp3) is 0.417. The van der Waals surface area contributed by atoms with Crippen LogP contribution in [0.1, 0.15) is 0 Å². The molecule has 1 aromatic rings. The van der Waals surface area contributed by atoms with E-state index in [0.29, 0.717) is 36.9 Å². The summed E-state index contributed by atoms with van der Waals surface area (Å²) in [7, 11) is 0. The zero-order valence-corrected chi connectivity index (χ0v) is 13.5. The predicted octanol–water partition coefficient (Wildman–Crippen LogP) is 2.94. The van der Waals surface area contributed by atoms with Crippen LogP contribution in [0.25, 0.3) is 0 Å². The molecule has 0 radical (unpaired) electrons. The van der Waals surface area contributed by atoms with E-state index in [2.05, 4.69) is 0 Å². The van der Waals surface area contributed by atoms with E-state index in [1.165, 1.54) is 4.90 Å². The smallest absolute Gasteiger partial charge is 0.274 e. The fourth-order valence-electron chi connectivity index (χ4n) is 2.18. The van der Waals surface area contributed by atoms with Gasteiger partial charge in [0.05, 0.1) is 16.4 Å². The van der Waals surface area contributed by atoms with E-state index in [1.807, 2.05) is 4.90 Å². The lowest BCUT2D eigenvalue weighted by Crippen LogP contribution is -2.52. The molecule has 1 aliphatic heterocycles. The van der Waals surface area contributed by atoms with Gasteiger partial charge in [0.2, 0.25) is 0 Å². The number of nitrogens with two attached hydrogens (primary N) is 1. The van der Waals surface area contributed by atoms with Crippen LogP contribution in [-0.4, -0.2) is 40.8 Å². The summed E-state index contributed by atoms with van der Waals surface area (Å²) in [6.07, 6.45) is 0. The number of halogens is 4. The summed E-state index contributed by atoms with van der Waals surface area (Å²) in [6, 6.07) is 5.37. The number of amides is 1. The average Bonchev–Trinajstić information content (AvgIpc) is 2.37. The molecule has 110 valence electrons. The van der Waals surface area contributed by atoms with Crippen molar-refractivity contribution in [3.05, 3.63) is 23.2 Å². The van der Waals surface area contributed by atoms with Crippen LogP contribution in [0.15, 0.2) is 18.2 Å². The molecule has 1 aromatic carbocycles. The first-order valence-corrected chi connectivity index (χ1v) is 7.47. The van der Waals surface area contributed by atoms with Gasteiger partial charge in [0.25, 0.3) is 9.70 Å². The monoisotopic (exact) mass is 355 g/mol. The van der Waals surface area contributed by atoms with E-state index in [4.69, 9.17) is 52.1 Å². The van der Waals surface area contributed by atoms with Crippen LogP contribution in [0.5, 0.6) is 0 Å². The Kier molecular flexibility index (Phi) is 4.80. The molecule has 4 nitrogen and oxygen atoms in total. The molecule has 8 heteroatoms. The van der Waals surface area contributed by atoms with Crippen LogP contribution < -0.4 is 10.6 Å². The third-order valence-electron chi connectivity index (χ3n) is 3.14. The van der Waals surface area contributed by atoms with E-state index in [0.717, 1.165) is 5.69 Å². The molecule has 1 heterocycles. The third-order valence-corrected chi connectivity index (χ3v) is 3.93. The summed E-state index contributed by atoms with van der Waals surface area (Å²) < 4.78 is -1.91. The van der Waals surface area contributed by atoms with E-state index >= 15 is 0 Å². The van der Waals surface area contributed by atoms with Crippen molar-refractivity contribution < 1.29 is 4.79 Å². The van der Waals surface area contributed by atoms with Gasteiger partial charge in [-0.2, -0.15) is 0 Å². The quantitative estimate of drug-likeness (QED) is 0.621. The molecule has 0 aromatic heterocycles. The number of para-hydroxylation sites is 1. The van der Waals surface area contributed by atoms with Gasteiger partial charge in [0, 0.05) is 26.2 Å². The van der Waals surface area contributed by atoms with Crippen molar-refractivity contribution >= 4 is 63.7 Å². The van der Waals surface area contributed by atoms with E-state index in [9.17, 15) is 4.79 Å². The highest BCUT2D eigenvalue weighted by molar-refractivity contribution is 6.76. The predicted molar refractivity (Wildman–Crippen MR) is 84.9 cm³/mol. The minimum absolute atomic E-state index is 0.456. The number of nitrogens with zero attached hydrogens (tertiary/aromatic N) is 2. The van der Waals surface area contributed by atoms with Crippen LogP contribution in [0.4, 0.5) is 11.4 Å². The topological polar surface area (TPSA) is 49.6 Å². The molecule has 0 aliphatic carbocycles. The highest BCUT2D eigenvalue weighted by Gasteiger charge is 2.36. The molecular formula is C12H13Cl4N3O. The first-order valence-electron chi connectivity index (χ1n) is 5.95. The second-order valence-electron chi connectivity index (χ2n) is 4.45. The molecule has 2 N–H and O–H groups in total. The van der Waals surface area contributed by atoms with E-state index in [1.54, 1.807) is 18.2 Å². The number of hydrogen-bond donors (Lipinski definition) is 1. The van der Waals surface area contributed by atoms with Gasteiger partial charge in [-0.05, 0) is 12.1 Å². The van der Waals surface area contributed by atoms with E-state index < -0.39 is 9.70 Å². The van der Waals surface area contributed by atoms with Gasteiger partial charge < -0.3 is 15.5 Å². The zero-order chi connectivity index (χ0) is 14.9. The van der Waals surface area contributed by atoms with Crippen molar-refractivity contribution in [2.24, 2.45) is 0 Å². The number of carbonyl (C=O) groups is 1. The minimum atomic E-state index is -1.91. The number of nitrogen functional groups attached to an aromatic ring is 1. The Bertz CT molecular complexity index is 490. The van der Waals surface area contributed by atoms with Gasteiger partial charge in [0.1, 0.15) is 0 Å². The summed E-state index contributed by atoms with van der Waals surface area (Å²) in [5.41, 5.74) is 7.34. The summed E-state index contributed by atoms with van der Waals surface area (Å²) in [6.45, 7) is 2.08. The Morgan fingerprint density at radius 3 is 2.25 bits per heavy atom. The zero-order valence-electron chi connectivity index (χ0n) is 10.5. The third kappa shape index (κ3) is 3.37. The van der Waals surface area contributed by atoms with Gasteiger partial charge >= 0.3 is 0 Å². The molecule has 0 unspecified atom stereocenters. The summed E-state index contributed by atoms with van der Waals surface area (Å²) >= 11 is 23.0. The van der Waals surface area contributed by atoms with Crippen molar-refractivity contribution in [3.63, 3.8) is 0 Å². The highest BCUT2D eigenvalue weighted by atomic mass is 35.6. The van der Waals surface area contributed by atoms with Gasteiger partial charge in [-0.25, -0.2) is 0 Å². The number of rotatable bonds is 1.